The third kappa shape index (κ3) is 6.00. The molecule has 1 amide bonds. The van der Waals surface area contributed by atoms with Gasteiger partial charge in [-0.1, -0.05) is 12.1 Å². The third-order valence-electron chi connectivity index (χ3n) is 3.98. The first kappa shape index (κ1) is 20.2. The predicted octanol–water partition coefficient (Wildman–Crippen LogP) is 2.38. The van der Waals surface area contributed by atoms with Gasteiger partial charge in [0, 0.05) is 19.1 Å². The summed E-state index contributed by atoms with van der Waals surface area (Å²) in [5.74, 6) is -0.169. The molecule has 1 aromatic rings. The summed E-state index contributed by atoms with van der Waals surface area (Å²) in [6, 6.07) is 8.22. The van der Waals surface area contributed by atoms with E-state index in [2.05, 4.69) is 4.72 Å². The molecule has 1 aromatic carbocycles. The van der Waals surface area contributed by atoms with Gasteiger partial charge in [0.15, 0.2) is 0 Å². The van der Waals surface area contributed by atoms with E-state index < -0.39 is 21.7 Å². The molecule has 2 rings (SSSR count). The SMILES string of the molecule is CC(C)(C)OC(=O)N1CCC[C@@H]1CNS(=O)(=O)Cc1ccc(C#N)cc1. The molecule has 1 atom stereocenters. The molecular formula is C18H25N3O4S. The second kappa shape index (κ2) is 8.06. The van der Waals surface area contributed by atoms with Crippen LogP contribution in [0.3, 0.4) is 0 Å². The van der Waals surface area contributed by atoms with Gasteiger partial charge in [-0.15, -0.1) is 0 Å². The van der Waals surface area contributed by atoms with Gasteiger partial charge in [0.1, 0.15) is 5.60 Å². The number of carbonyl (C=O) groups is 1. The maximum absolute atomic E-state index is 12.3. The van der Waals surface area contributed by atoms with Gasteiger partial charge < -0.3 is 9.64 Å². The van der Waals surface area contributed by atoms with E-state index in [1.807, 2.05) is 6.07 Å². The maximum atomic E-state index is 12.3. The molecule has 1 aliphatic heterocycles. The van der Waals surface area contributed by atoms with Gasteiger partial charge in [-0.25, -0.2) is 17.9 Å². The zero-order chi connectivity index (χ0) is 19.4. The highest BCUT2D eigenvalue weighted by atomic mass is 32.2. The number of nitrogens with one attached hydrogen (secondary N) is 1. The quantitative estimate of drug-likeness (QED) is 0.847. The van der Waals surface area contributed by atoms with Crippen molar-refractivity contribution < 1.29 is 17.9 Å². The lowest BCUT2D eigenvalue weighted by atomic mass is 10.2. The van der Waals surface area contributed by atoms with Crippen LogP contribution in [0.2, 0.25) is 0 Å². The van der Waals surface area contributed by atoms with Crippen molar-refractivity contribution in [2.45, 2.75) is 51.0 Å². The van der Waals surface area contributed by atoms with Gasteiger partial charge in [0.05, 0.1) is 17.4 Å². The Labute approximate surface area is 155 Å². The fraction of sp³-hybridized carbons (Fsp3) is 0.556. The summed E-state index contributed by atoms with van der Waals surface area (Å²) in [4.78, 5) is 13.8. The number of sulfonamides is 1. The summed E-state index contributed by atoms with van der Waals surface area (Å²) in [6.45, 7) is 6.14. The Hall–Kier alpha value is -2.11. The van der Waals surface area contributed by atoms with Gasteiger partial charge in [-0.2, -0.15) is 5.26 Å². The first-order chi connectivity index (χ1) is 12.1. The van der Waals surface area contributed by atoms with Crippen molar-refractivity contribution in [2.75, 3.05) is 13.1 Å². The Balaban J connectivity index is 1.93. The number of carbonyl (C=O) groups excluding carboxylic acids is 1. The molecule has 1 heterocycles. The number of hydrogen-bond acceptors (Lipinski definition) is 5. The van der Waals surface area contributed by atoms with Crippen LogP contribution < -0.4 is 4.72 Å². The molecular weight excluding hydrogens is 354 g/mol. The number of amides is 1. The average molecular weight is 379 g/mol. The minimum atomic E-state index is -3.54. The molecule has 0 unspecified atom stereocenters. The van der Waals surface area contributed by atoms with Gasteiger partial charge in [-0.05, 0) is 51.3 Å². The van der Waals surface area contributed by atoms with Crippen molar-refractivity contribution in [1.29, 1.82) is 5.26 Å². The molecule has 0 bridgehead atoms. The molecule has 26 heavy (non-hydrogen) atoms. The molecule has 1 fully saturated rings. The van der Waals surface area contributed by atoms with E-state index in [-0.39, 0.29) is 18.3 Å². The van der Waals surface area contributed by atoms with Gasteiger partial charge in [-0.3, -0.25) is 0 Å². The monoisotopic (exact) mass is 379 g/mol. The molecule has 8 heteroatoms. The third-order valence-corrected chi connectivity index (χ3v) is 5.30. The molecule has 0 aromatic heterocycles. The lowest BCUT2D eigenvalue weighted by molar-refractivity contribution is 0.0229. The number of ether oxygens (including phenoxy) is 1. The van der Waals surface area contributed by atoms with Crippen LogP contribution in [0.1, 0.15) is 44.7 Å². The smallest absolute Gasteiger partial charge is 0.410 e. The molecule has 0 radical (unpaired) electrons. The van der Waals surface area contributed by atoms with Crippen molar-refractivity contribution in [3.05, 3.63) is 35.4 Å². The van der Waals surface area contributed by atoms with Crippen LogP contribution in [0.5, 0.6) is 0 Å². The summed E-state index contributed by atoms with van der Waals surface area (Å²) in [6.07, 6.45) is 1.14. The van der Waals surface area contributed by atoms with Gasteiger partial charge in [0.2, 0.25) is 10.0 Å². The first-order valence-electron chi connectivity index (χ1n) is 8.56. The van der Waals surface area contributed by atoms with Gasteiger partial charge >= 0.3 is 6.09 Å². The Bertz CT molecular complexity index is 776. The molecule has 1 saturated heterocycles. The van der Waals surface area contributed by atoms with Crippen LogP contribution in [0.4, 0.5) is 4.79 Å². The molecule has 0 aliphatic carbocycles. The first-order valence-corrected chi connectivity index (χ1v) is 10.2. The molecule has 142 valence electrons. The van der Waals surface area contributed by atoms with Crippen LogP contribution in [0.15, 0.2) is 24.3 Å². The van der Waals surface area contributed by atoms with Crippen LogP contribution in [-0.4, -0.2) is 44.1 Å². The average Bonchev–Trinajstić information content (AvgIpc) is 3.00. The Morgan fingerprint density at radius 1 is 1.35 bits per heavy atom. The van der Waals surface area contributed by atoms with Crippen LogP contribution in [0.25, 0.3) is 0 Å². The van der Waals surface area contributed by atoms with Crippen molar-refractivity contribution in [2.24, 2.45) is 0 Å². The largest absolute Gasteiger partial charge is 0.444 e. The van der Waals surface area contributed by atoms with Crippen molar-refractivity contribution in [3.63, 3.8) is 0 Å². The predicted molar refractivity (Wildman–Crippen MR) is 97.7 cm³/mol. The lowest BCUT2D eigenvalue weighted by Crippen LogP contribution is -2.45. The Morgan fingerprint density at radius 3 is 2.58 bits per heavy atom. The Morgan fingerprint density at radius 2 is 2.00 bits per heavy atom. The second-order valence-electron chi connectivity index (χ2n) is 7.39. The minimum Gasteiger partial charge on any atom is -0.444 e. The minimum absolute atomic E-state index is 0.165. The standard InChI is InChI=1S/C18H25N3O4S/c1-18(2,3)25-17(22)21-10-4-5-16(21)12-20-26(23,24)13-15-8-6-14(11-19)7-9-15/h6-9,16,20H,4-5,10,12-13H2,1-3H3/t16-/m1/s1. The molecule has 0 spiro atoms. The topological polar surface area (TPSA) is 99.5 Å². The van der Waals surface area contributed by atoms with Gasteiger partial charge in [0.25, 0.3) is 0 Å². The highest BCUT2D eigenvalue weighted by molar-refractivity contribution is 7.88. The number of nitriles is 1. The number of rotatable bonds is 5. The van der Waals surface area contributed by atoms with E-state index in [4.69, 9.17) is 10.00 Å². The molecule has 1 aliphatic rings. The van der Waals surface area contributed by atoms with Crippen molar-refractivity contribution >= 4 is 16.1 Å². The number of nitrogens with zero attached hydrogens (tertiary/aromatic N) is 2. The summed E-state index contributed by atoms with van der Waals surface area (Å²) in [5, 5.41) is 8.78. The normalized spacial score (nSPS) is 17.8. The van der Waals surface area contributed by atoms with Crippen molar-refractivity contribution in [3.8, 4) is 6.07 Å². The maximum Gasteiger partial charge on any atom is 0.410 e. The number of hydrogen-bond donors (Lipinski definition) is 1. The Kier molecular flexibility index (Phi) is 6.26. The van der Waals surface area contributed by atoms with Crippen LogP contribution in [-0.2, 0) is 20.5 Å². The van der Waals surface area contributed by atoms with E-state index >= 15 is 0 Å². The zero-order valence-electron chi connectivity index (χ0n) is 15.4. The van der Waals surface area contributed by atoms with E-state index in [9.17, 15) is 13.2 Å². The number of benzene rings is 1. The lowest BCUT2D eigenvalue weighted by Gasteiger charge is -2.28. The number of likely N-dealkylation sites (tertiary alicyclic amines) is 1. The molecule has 0 saturated carbocycles. The second-order valence-corrected chi connectivity index (χ2v) is 9.19. The van der Waals surface area contributed by atoms with Crippen molar-refractivity contribution in [1.82, 2.24) is 9.62 Å². The van der Waals surface area contributed by atoms with Crippen LogP contribution >= 0.6 is 0 Å². The highest BCUT2D eigenvalue weighted by Crippen LogP contribution is 2.20. The van der Waals surface area contributed by atoms with Crippen LogP contribution in [0, 0.1) is 11.3 Å². The summed E-state index contributed by atoms with van der Waals surface area (Å²) >= 11 is 0. The zero-order valence-corrected chi connectivity index (χ0v) is 16.2. The molecule has 1 N–H and O–H groups in total. The fourth-order valence-corrected chi connectivity index (χ4v) is 3.96. The van der Waals surface area contributed by atoms with E-state index in [0.29, 0.717) is 17.7 Å². The van der Waals surface area contributed by atoms with E-state index in [1.54, 1.807) is 49.9 Å². The fourth-order valence-electron chi connectivity index (χ4n) is 2.78. The van der Waals surface area contributed by atoms with E-state index in [0.717, 1.165) is 12.8 Å². The molecule has 7 nitrogen and oxygen atoms in total. The highest BCUT2D eigenvalue weighted by Gasteiger charge is 2.32. The summed E-state index contributed by atoms with van der Waals surface area (Å²) in [7, 11) is -3.54. The van der Waals surface area contributed by atoms with E-state index in [1.165, 1.54) is 0 Å². The summed E-state index contributed by atoms with van der Waals surface area (Å²) < 4.78 is 32.6. The summed E-state index contributed by atoms with van der Waals surface area (Å²) in [5.41, 5.74) is 0.504.